The van der Waals surface area contributed by atoms with Gasteiger partial charge < -0.3 is 10.4 Å². The molecule has 4 heteroatoms. The van der Waals surface area contributed by atoms with E-state index < -0.39 is 5.60 Å². The van der Waals surface area contributed by atoms with E-state index in [0.29, 0.717) is 24.7 Å². The highest BCUT2D eigenvalue weighted by Crippen LogP contribution is 2.17. The molecule has 0 spiro atoms. The van der Waals surface area contributed by atoms with Crippen LogP contribution in [0, 0.1) is 0 Å². The molecule has 2 N–H and O–H groups in total. The van der Waals surface area contributed by atoms with Gasteiger partial charge in [-0.05, 0) is 11.6 Å². The van der Waals surface area contributed by atoms with Crippen molar-refractivity contribution in [3.05, 3.63) is 29.0 Å². The van der Waals surface area contributed by atoms with Gasteiger partial charge in [0.1, 0.15) is 5.15 Å². The average Bonchev–Trinajstić information content (AvgIpc) is 2.06. The van der Waals surface area contributed by atoms with Crippen molar-refractivity contribution in [3.8, 4) is 0 Å². The average molecular weight is 199 g/mol. The SMILES string of the molecule is OC1(Cc2ccc(Cl)nc2)CNC1. The maximum Gasteiger partial charge on any atom is 0.129 e. The van der Waals surface area contributed by atoms with Gasteiger partial charge in [-0.1, -0.05) is 17.7 Å². The van der Waals surface area contributed by atoms with Gasteiger partial charge in [0, 0.05) is 25.7 Å². The van der Waals surface area contributed by atoms with Gasteiger partial charge in [-0.15, -0.1) is 0 Å². The van der Waals surface area contributed by atoms with Crippen molar-refractivity contribution >= 4 is 11.6 Å². The molecule has 0 radical (unpaired) electrons. The van der Waals surface area contributed by atoms with Crippen molar-refractivity contribution in [2.75, 3.05) is 13.1 Å². The van der Waals surface area contributed by atoms with Gasteiger partial charge in [0.05, 0.1) is 5.60 Å². The van der Waals surface area contributed by atoms with Crippen LogP contribution in [-0.2, 0) is 6.42 Å². The second kappa shape index (κ2) is 3.25. The minimum Gasteiger partial charge on any atom is -0.387 e. The van der Waals surface area contributed by atoms with Gasteiger partial charge in [0.15, 0.2) is 0 Å². The molecule has 0 atom stereocenters. The van der Waals surface area contributed by atoms with Crippen LogP contribution in [0.5, 0.6) is 0 Å². The van der Waals surface area contributed by atoms with E-state index in [0.717, 1.165) is 5.56 Å². The van der Waals surface area contributed by atoms with E-state index in [1.807, 2.05) is 6.07 Å². The van der Waals surface area contributed by atoms with Crippen LogP contribution in [0.3, 0.4) is 0 Å². The van der Waals surface area contributed by atoms with E-state index in [9.17, 15) is 5.11 Å². The molecule has 0 aromatic carbocycles. The molecule has 0 saturated carbocycles. The number of hydrogen-bond donors (Lipinski definition) is 2. The zero-order valence-electron chi connectivity index (χ0n) is 7.13. The first-order valence-electron chi connectivity index (χ1n) is 4.22. The van der Waals surface area contributed by atoms with Crippen LogP contribution < -0.4 is 5.32 Å². The Morgan fingerprint density at radius 1 is 1.54 bits per heavy atom. The van der Waals surface area contributed by atoms with E-state index in [-0.39, 0.29) is 0 Å². The molecular formula is C9H11ClN2O. The third-order valence-corrected chi connectivity index (χ3v) is 2.45. The summed E-state index contributed by atoms with van der Waals surface area (Å²) < 4.78 is 0. The molecule has 1 aromatic rings. The molecule has 1 aliphatic heterocycles. The Labute approximate surface area is 81.8 Å². The Morgan fingerprint density at radius 3 is 2.77 bits per heavy atom. The Balaban J connectivity index is 2.05. The monoisotopic (exact) mass is 198 g/mol. The van der Waals surface area contributed by atoms with Gasteiger partial charge >= 0.3 is 0 Å². The smallest absolute Gasteiger partial charge is 0.129 e. The number of nitrogens with zero attached hydrogens (tertiary/aromatic N) is 1. The highest BCUT2D eigenvalue weighted by Gasteiger charge is 2.34. The summed E-state index contributed by atoms with van der Waals surface area (Å²) in [6.45, 7) is 1.32. The van der Waals surface area contributed by atoms with Crippen LogP contribution in [0.25, 0.3) is 0 Å². The molecule has 2 heterocycles. The first-order chi connectivity index (χ1) is 6.18. The molecule has 1 fully saturated rings. The molecule has 0 unspecified atom stereocenters. The Bertz CT molecular complexity index is 295. The highest BCUT2D eigenvalue weighted by atomic mass is 35.5. The maximum atomic E-state index is 9.81. The lowest BCUT2D eigenvalue weighted by molar-refractivity contribution is -0.00908. The van der Waals surface area contributed by atoms with Gasteiger partial charge in [-0.25, -0.2) is 4.98 Å². The largest absolute Gasteiger partial charge is 0.387 e. The van der Waals surface area contributed by atoms with Gasteiger partial charge in [-0.2, -0.15) is 0 Å². The number of nitrogens with one attached hydrogen (secondary N) is 1. The van der Waals surface area contributed by atoms with Crippen LogP contribution in [0.15, 0.2) is 18.3 Å². The van der Waals surface area contributed by atoms with Crippen molar-refractivity contribution in [3.63, 3.8) is 0 Å². The lowest BCUT2D eigenvalue weighted by Gasteiger charge is -2.37. The van der Waals surface area contributed by atoms with Crippen molar-refractivity contribution in [2.45, 2.75) is 12.0 Å². The van der Waals surface area contributed by atoms with Crippen LogP contribution in [0.4, 0.5) is 0 Å². The van der Waals surface area contributed by atoms with E-state index in [1.54, 1.807) is 12.3 Å². The number of aliphatic hydroxyl groups is 1. The summed E-state index contributed by atoms with van der Waals surface area (Å²) in [5, 5.41) is 13.3. The quantitative estimate of drug-likeness (QED) is 0.685. The summed E-state index contributed by atoms with van der Waals surface area (Å²) in [5.41, 5.74) is 0.448. The molecular weight excluding hydrogens is 188 g/mol. The summed E-state index contributed by atoms with van der Waals surface area (Å²) in [6.07, 6.45) is 2.35. The second-order valence-corrected chi connectivity index (χ2v) is 3.88. The molecule has 0 amide bonds. The summed E-state index contributed by atoms with van der Waals surface area (Å²) in [6, 6.07) is 3.64. The van der Waals surface area contributed by atoms with Crippen molar-refractivity contribution in [1.29, 1.82) is 0 Å². The standard InChI is InChI=1S/C9H11ClN2O/c10-8-2-1-7(4-12-8)3-9(13)5-11-6-9/h1-2,4,11,13H,3,5-6H2. The first kappa shape index (κ1) is 8.94. The summed E-state index contributed by atoms with van der Waals surface area (Å²) >= 11 is 5.64. The normalized spacial score (nSPS) is 19.5. The molecule has 0 bridgehead atoms. The van der Waals surface area contributed by atoms with Crippen LogP contribution in [0.1, 0.15) is 5.56 Å². The molecule has 1 aliphatic rings. The predicted octanol–water partition coefficient (Wildman–Crippen LogP) is 0.612. The first-order valence-corrected chi connectivity index (χ1v) is 4.59. The number of aromatic nitrogens is 1. The minimum atomic E-state index is -0.574. The topological polar surface area (TPSA) is 45.2 Å². The van der Waals surface area contributed by atoms with E-state index in [2.05, 4.69) is 10.3 Å². The number of halogens is 1. The van der Waals surface area contributed by atoms with Crippen molar-refractivity contribution < 1.29 is 5.11 Å². The summed E-state index contributed by atoms with van der Waals surface area (Å²) in [4.78, 5) is 3.96. The van der Waals surface area contributed by atoms with Crippen LogP contribution in [0.2, 0.25) is 5.15 Å². The predicted molar refractivity (Wildman–Crippen MR) is 50.8 cm³/mol. The maximum absolute atomic E-state index is 9.81. The third-order valence-electron chi connectivity index (χ3n) is 2.23. The Hall–Kier alpha value is -0.640. The molecule has 70 valence electrons. The number of hydrogen-bond acceptors (Lipinski definition) is 3. The van der Waals surface area contributed by atoms with E-state index in [1.165, 1.54) is 0 Å². The fraction of sp³-hybridized carbons (Fsp3) is 0.444. The molecule has 1 saturated heterocycles. The lowest BCUT2D eigenvalue weighted by Crippen LogP contribution is -2.60. The zero-order valence-corrected chi connectivity index (χ0v) is 7.88. The van der Waals surface area contributed by atoms with Crippen LogP contribution >= 0.6 is 11.6 Å². The highest BCUT2D eigenvalue weighted by molar-refractivity contribution is 6.29. The molecule has 1 aromatic heterocycles. The Kier molecular flexibility index (Phi) is 2.24. The fourth-order valence-corrected chi connectivity index (χ4v) is 1.54. The van der Waals surface area contributed by atoms with Crippen molar-refractivity contribution in [2.24, 2.45) is 0 Å². The fourth-order valence-electron chi connectivity index (χ4n) is 1.43. The second-order valence-electron chi connectivity index (χ2n) is 3.49. The van der Waals surface area contributed by atoms with Gasteiger partial charge in [0.25, 0.3) is 0 Å². The summed E-state index contributed by atoms with van der Waals surface area (Å²) in [7, 11) is 0. The summed E-state index contributed by atoms with van der Waals surface area (Å²) in [5.74, 6) is 0. The van der Waals surface area contributed by atoms with E-state index in [4.69, 9.17) is 11.6 Å². The molecule has 2 rings (SSSR count). The Morgan fingerprint density at radius 2 is 2.31 bits per heavy atom. The molecule has 13 heavy (non-hydrogen) atoms. The van der Waals surface area contributed by atoms with E-state index >= 15 is 0 Å². The number of β-amino-alcohol motifs (C(OH)–C–C–N with tert-alkyl or cyclic N) is 1. The number of rotatable bonds is 2. The number of pyridine rings is 1. The zero-order chi connectivity index (χ0) is 9.31. The minimum absolute atomic E-state index is 0.488. The lowest BCUT2D eigenvalue weighted by atomic mass is 9.90. The molecule has 0 aliphatic carbocycles. The third kappa shape index (κ3) is 1.99. The molecule has 3 nitrogen and oxygen atoms in total. The van der Waals surface area contributed by atoms with Gasteiger partial charge in [0.2, 0.25) is 0 Å². The van der Waals surface area contributed by atoms with Crippen molar-refractivity contribution in [1.82, 2.24) is 10.3 Å². The van der Waals surface area contributed by atoms with Crippen LogP contribution in [-0.4, -0.2) is 28.8 Å². The van der Waals surface area contributed by atoms with Gasteiger partial charge in [-0.3, -0.25) is 0 Å².